The fraction of sp³-hybridized carbons (Fsp3) is 0.900. The second kappa shape index (κ2) is 5.32. The molecule has 4 nitrogen and oxygen atoms in total. The van der Waals surface area contributed by atoms with Gasteiger partial charge in [0.15, 0.2) is 0 Å². The van der Waals surface area contributed by atoms with Gasteiger partial charge in [0, 0.05) is 18.6 Å². The van der Waals surface area contributed by atoms with Gasteiger partial charge in [0.2, 0.25) is 5.91 Å². The van der Waals surface area contributed by atoms with Crippen molar-refractivity contribution in [1.82, 2.24) is 5.32 Å². The van der Waals surface area contributed by atoms with Crippen molar-refractivity contribution in [2.24, 2.45) is 17.1 Å². The van der Waals surface area contributed by atoms with Crippen molar-refractivity contribution >= 4 is 5.91 Å². The molecule has 0 fully saturated rings. The first-order chi connectivity index (χ1) is 6.30. The maximum absolute atomic E-state index is 11.0. The van der Waals surface area contributed by atoms with Crippen LogP contribution < -0.4 is 11.1 Å². The Kier molecular flexibility index (Phi) is 5.08. The minimum absolute atomic E-state index is 0.0869. The fourth-order valence-electron chi connectivity index (χ4n) is 1.11. The van der Waals surface area contributed by atoms with Gasteiger partial charge < -0.3 is 16.2 Å². The minimum Gasteiger partial charge on any atom is -0.396 e. The number of amides is 1. The molecule has 0 rings (SSSR count). The Morgan fingerprint density at radius 2 is 2.00 bits per heavy atom. The average Bonchev–Trinajstić information content (AvgIpc) is 2.03. The molecule has 4 heteroatoms. The largest absolute Gasteiger partial charge is 0.396 e. The summed E-state index contributed by atoms with van der Waals surface area (Å²) in [4.78, 5) is 11.0. The van der Waals surface area contributed by atoms with Gasteiger partial charge in [-0.15, -0.1) is 0 Å². The SMILES string of the molecule is CC(C)C(NCC(C)(C)CO)C(N)=O. The third kappa shape index (κ3) is 4.58. The highest BCUT2D eigenvalue weighted by Gasteiger charge is 2.23. The molecule has 1 amide bonds. The van der Waals surface area contributed by atoms with E-state index in [0.29, 0.717) is 6.54 Å². The van der Waals surface area contributed by atoms with Crippen LogP contribution in [0.25, 0.3) is 0 Å². The third-order valence-corrected chi connectivity index (χ3v) is 2.20. The van der Waals surface area contributed by atoms with E-state index >= 15 is 0 Å². The number of aliphatic hydroxyl groups excluding tert-OH is 1. The van der Waals surface area contributed by atoms with E-state index in [-0.39, 0.29) is 29.9 Å². The van der Waals surface area contributed by atoms with Crippen LogP contribution in [0, 0.1) is 11.3 Å². The summed E-state index contributed by atoms with van der Waals surface area (Å²) in [6, 6.07) is -0.319. The van der Waals surface area contributed by atoms with Crippen molar-refractivity contribution in [2.75, 3.05) is 13.2 Å². The van der Waals surface area contributed by atoms with Gasteiger partial charge in [0.1, 0.15) is 0 Å². The molecule has 4 N–H and O–H groups in total. The molecule has 0 aromatic rings. The van der Waals surface area contributed by atoms with Crippen LogP contribution in [0.4, 0.5) is 0 Å². The lowest BCUT2D eigenvalue weighted by Crippen LogP contribution is -2.48. The molecule has 0 aromatic carbocycles. The highest BCUT2D eigenvalue weighted by atomic mass is 16.3. The third-order valence-electron chi connectivity index (χ3n) is 2.20. The van der Waals surface area contributed by atoms with Gasteiger partial charge in [0.25, 0.3) is 0 Å². The predicted octanol–water partition coefficient (Wildman–Crippen LogP) is 0.104. The Morgan fingerprint density at radius 1 is 1.50 bits per heavy atom. The van der Waals surface area contributed by atoms with Gasteiger partial charge in [-0.3, -0.25) is 4.79 Å². The number of aliphatic hydroxyl groups is 1. The lowest BCUT2D eigenvalue weighted by molar-refractivity contribution is -0.121. The number of hydrogen-bond donors (Lipinski definition) is 3. The van der Waals surface area contributed by atoms with Crippen LogP contribution in [0.5, 0.6) is 0 Å². The van der Waals surface area contributed by atoms with Crippen LogP contribution in [0.3, 0.4) is 0 Å². The van der Waals surface area contributed by atoms with E-state index < -0.39 is 0 Å². The summed E-state index contributed by atoms with van der Waals surface area (Å²) in [5, 5.41) is 12.1. The van der Waals surface area contributed by atoms with E-state index in [9.17, 15) is 4.79 Å². The molecule has 0 aliphatic carbocycles. The molecule has 0 saturated heterocycles. The molecule has 0 aliphatic heterocycles. The van der Waals surface area contributed by atoms with Crippen LogP contribution in [-0.4, -0.2) is 30.2 Å². The summed E-state index contributed by atoms with van der Waals surface area (Å²) in [5.74, 6) is -0.171. The highest BCUT2D eigenvalue weighted by Crippen LogP contribution is 2.12. The van der Waals surface area contributed by atoms with Crippen LogP contribution in [0.2, 0.25) is 0 Å². The number of carbonyl (C=O) groups excluding carboxylic acids is 1. The zero-order valence-electron chi connectivity index (χ0n) is 9.50. The summed E-state index contributed by atoms with van der Waals surface area (Å²) < 4.78 is 0. The van der Waals surface area contributed by atoms with Crippen molar-refractivity contribution < 1.29 is 9.90 Å². The first kappa shape index (κ1) is 13.4. The second-order valence-corrected chi connectivity index (χ2v) is 4.83. The predicted molar refractivity (Wildman–Crippen MR) is 56.7 cm³/mol. The van der Waals surface area contributed by atoms with Crippen molar-refractivity contribution in [1.29, 1.82) is 0 Å². The van der Waals surface area contributed by atoms with Crippen LogP contribution in [0.1, 0.15) is 27.7 Å². The zero-order valence-corrected chi connectivity index (χ0v) is 9.50. The van der Waals surface area contributed by atoms with Crippen molar-refractivity contribution in [3.63, 3.8) is 0 Å². The van der Waals surface area contributed by atoms with Crippen LogP contribution in [-0.2, 0) is 4.79 Å². The number of primary amides is 1. The zero-order chi connectivity index (χ0) is 11.4. The molecule has 84 valence electrons. The van der Waals surface area contributed by atoms with Crippen molar-refractivity contribution in [2.45, 2.75) is 33.7 Å². The maximum Gasteiger partial charge on any atom is 0.234 e. The number of carbonyl (C=O) groups is 1. The van der Waals surface area contributed by atoms with Gasteiger partial charge in [-0.1, -0.05) is 27.7 Å². The quantitative estimate of drug-likeness (QED) is 0.572. The Hall–Kier alpha value is -0.610. The number of hydrogen-bond acceptors (Lipinski definition) is 3. The van der Waals surface area contributed by atoms with Gasteiger partial charge in [0.05, 0.1) is 6.04 Å². The van der Waals surface area contributed by atoms with Crippen LogP contribution in [0.15, 0.2) is 0 Å². The standard InChI is InChI=1S/C10H22N2O2/c1-7(2)8(9(11)14)12-5-10(3,4)6-13/h7-8,12-13H,5-6H2,1-4H3,(H2,11,14). The van der Waals surface area contributed by atoms with E-state index in [1.807, 2.05) is 27.7 Å². The van der Waals surface area contributed by atoms with Gasteiger partial charge >= 0.3 is 0 Å². The molecular weight excluding hydrogens is 180 g/mol. The number of rotatable bonds is 6. The molecule has 14 heavy (non-hydrogen) atoms. The maximum atomic E-state index is 11.0. The van der Waals surface area contributed by atoms with Crippen molar-refractivity contribution in [3.8, 4) is 0 Å². The van der Waals surface area contributed by atoms with E-state index in [1.54, 1.807) is 0 Å². The Bertz CT molecular complexity index is 191. The molecule has 1 atom stereocenters. The van der Waals surface area contributed by atoms with E-state index in [0.717, 1.165) is 0 Å². The van der Waals surface area contributed by atoms with E-state index in [1.165, 1.54) is 0 Å². The summed E-state index contributed by atoms with van der Waals surface area (Å²) in [6.07, 6.45) is 0. The smallest absolute Gasteiger partial charge is 0.234 e. The van der Waals surface area contributed by atoms with E-state index in [4.69, 9.17) is 10.8 Å². The van der Waals surface area contributed by atoms with E-state index in [2.05, 4.69) is 5.32 Å². The highest BCUT2D eigenvalue weighted by molar-refractivity contribution is 5.80. The first-order valence-electron chi connectivity index (χ1n) is 4.94. The number of nitrogens with two attached hydrogens (primary N) is 1. The second-order valence-electron chi connectivity index (χ2n) is 4.83. The molecule has 1 unspecified atom stereocenters. The summed E-state index contributed by atoms with van der Waals surface area (Å²) in [5.41, 5.74) is 5.02. The Morgan fingerprint density at radius 3 is 2.29 bits per heavy atom. The minimum atomic E-state index is -0.339. The Balaban J connectivity index is 4.14. The van der Waals surface area contributed by atoms with Gasteiger partial charge in [-0.25, -0.2) is 0 Å². The summed E-state index contributed by atoms with van der Waals surface area (Å²) in [7, 11) is 0. The lowest BCUT2D eigenvalue weighted by Gasteiger charge is -2.26. The van der Waals surface area contributed by atoms with Gasteiger partial charge in [-0.05, 0) is 5.92 Å². The normalized spacial score (nSPS) is 14.4. The van der Waals surface area contributed by atoms with Gasteiger partial charge in [-0.2, -0.15) is 0 Å². The molecular formula is C10H22N2O2. The molecule has 0 bridgehead atoms. The molecule has 0 heterocycles. The summed E-state index contributed by atoms with van der Waals surface area (Å²) >= 11 is 0. The fourth-order valence-corrected chi connectivity index (χ4v) is 1.11. The lowest BCUT2D eigenvalue weighted by atomic mass is 9.93. The number of nitrogens with one attached hydrogen (secondary N) is 1. The Labute approximate surface area is 85.9 Å². The molecule has 0 saturated carbocycles. The topological polar surface area (TPSA) is 75.3 Å². The van der Waals surface area contributed by atoms with Crippen LogP contribution >= 0.6 is 0 Å². The first-order valence-corrected chi connectivity index (χ1v) is 4.94. The molecule has 0 aromatic heterocycles. The molecule has 0 aliphatic rings. The monoisotopic (exact) mass is 202 g/mol. The molecule has 0 radical (unpaired) electrons. The summed E-state index contributed by atoms with van der Waals surface area (Å²) in [6.45, 7) is 8.40. The average molecular weight is 202 g/mol. The molecule has 0 spiro atoms. The van der Waals surface area contributed by atoms with Crippen molar-refractivity contribution in [3.05, 3.63) is 0 Å².